The highest BCUT2D eigenvalue weighted by molar-refractivity contribution is 7.10. The van der Waals surface area contributed by atoms with Crippen molar-refractivity contribution in [2.75, 3.05) is 26.2 Å². The van der Waals surface area contributed by atoms with Gasteiger partial charge in [0.05, 0.1) is 6.04 Å². The average molecular weight is 286 g/mol. The number of hydrogen-bond acceptors (Lipinski definition) is 3. The molecule has 1 aliphatic heterocycles. The van der Waals surface area contributed by atoms with E-state index < -0.39 is 0 Å². The molecule has 1 aliphatic rings. The second kappa shape index (κ2) is 6.08. The van der Waals surface area contributed by atoms with Crippen LogP contribution >= 0.6 is 11.3 Å². The zero-order chi connectivity index (χ0) is 13.9. The third-order valence-electron chi connectivity index (χ3n) is 4.15. The van der Waals surface area contributed by atoms with Gasteiger partial charge in [0.25, 0.3) is 0 Å². The Hall–Kier alpha value is -1.16. The summed E-state index contributed by atoms with van der Waals surface area (Å²) < 4.78 is 0. The summed E-state index contributed by atoms with van der Waals surface area (Å²) in [6, 6.07) is 11.5. The summed E-state index contributed by atoms with van der Waals surface area (Å²) in [4.78, 5) is 4.12. The number of hydrogen-bond donors (Lipinski definition) is 1. The first-order valence-electron chi connectivity index (χ1n) is 7.31. The van der Waals surface area contributed by atoms with Gasteiger partial charge in [-0.05, 0) is 42.0 Å². The number of benzene rings is 1. The molecule has 1 fully saturated rings. The average Bonchev–Trinajstić information content (AvgIpc) is 2.89. The zero-order valence-electron chi connectivity index (χ0n) is 12.2. The molecule has 106 valence electrons. The molecule has 2 heterocycles. The second-order valence-corrected chi connectivity index (χ2v) is 6.46. The minimum atomic E-state index is 0.415. The molecule has 0 saturated carbocycles. The van der Waals surface area contributed by atoms with E-state index in [0.29, 0.717) is 6.04 Å². The molecular formula is C17H22N2S. The van der Waals surface area contributed by atoms with Gasteiger partial charge in [0.15, 0.2) is 0 Å². The molecule has 3 heteroatoms. The van der Waals surface area contributed by atoms with E-state index in [2.05, 4.69) is 59.8 Å². The smallest absolute Gasteiger partial charge is 0.0702 e. The number of piperazine rings is 1. The van der Waals surface area contributed by atoms with Crippen LogP contribution in [0.25, 0.3) is 0 Å². The molecule has 2 aromatic rings. The van der Waals surface area contributed by atoms with Crippen molar-refractivity contribution in [3.63, 3.8) is 0 Å². The first-order chi connectivity index (χ1) is 9.77. The Morgan fingerprint density at radius 2 is 1.80 bits per heavy atom. The molecule has 2 nitrogen and oxygen atoms in total. The fourth-order valence-corrected chi connectivity index (χ4v) is 4.08. The summed E-state index contributed by atoms with van der Waals surface area (Å²) >= 11 is 1.89. The SMILES string of the molecule is Cc1ccccc1C(c1sccc1C)N1CCNCC1. The molecule has 1 aromatic carbocycles. The van der Waals surface area contributed by atoms with E-state index in [1.807, 2.05) is 11.3 Å². The maximum absolute atomic E-state index is 3.46. The Bertz CT molecular complexity index is 570. The third kappa shape index (κ3) is 2.66. The van der Waals surface area contributed by atoms with Crippen molar-refractivity contribution in [3.05, 3.63) is 57.3 Å². The zero-order valence-corrected chi connectivity index (χ0v) is 13.0. The molecule has 1 N–H and O–H groups in total. The van der Waals surface area contributed by atoms with Crippen molar-refractivity contribution in [2.24, 2.45) is 0 Å². The van der Waals surface area contributed by atoms with Gasteiger partial charge in [-0.2, -0.15) is 0 Å². The highest BCUT2D eigenvalue weighted by Crippen LogP contribution is 2.35. The normalized spacial score (nSPS) is 18.1. The van der Waals surface area contributed by atoms with E-state index >= 15 is 0 Å². The Labute approximate surface area is 125 Å². The molecule has 0 amide bonds. The van der Waals surface area contributed by atoms with Crippen LogP contribution in [0, 0.1) is 13.8 Å². The Morgan fingerprint density at radius 3 is 2.45 bits per heavy atom. The number of thiophene rings is 1. The van der Waals surface area contributed by atoms with E-state index in [4.69, 9.17) is 0 Å². The fourth-order valence-electron chi connectivity index (χ4n) is 3.00. The van der Waals surface area contributed by atoms with Gasteiger partial charge in [-0.15, -0.1) is 11.3 Å². The molecule has 1 aromatic heterocycles. The monoisotopic (exact) mass is 286 g/mol. The largest absolute Gasteiger partial charge is 0.314 e. The second-order valence-electron chi connectivity index (χ2n) is 5.51. The maximum atomic E-state index is 3.46. The van der Waals surface area contributed by atoms with Crippen LogP contribution in [0.3, 0.4) is 0 Å². The van der Waals surface area contributed by atoms with Gasteiger partial charge in [0.1, 0.15) is 0 Å². The lowest BCUT2D eigenvalue weighted by Gasteiger charge is -2.36. The quantitative estimate of drug-likeness (QED) is 0.931. The molecular weight excluding hydrogens is 264 g/mol. The van der Waals surface area contributed by atoms with Crippen LogP contribution in [0.4, 0.5) is 0 Å². The summed E-state index contributed by atoms with van der Waals surface area (Å²) in [6.45, 7) is 8.89. The fraction of sp³-hybridized carbons (Fsp3) is 0.412. The number of nitrogens with one attached hydrogen (secondary N) is 1. The highest BCUT2D eigenvalue weighted by Gasteiger charge is 2.26. The van der Waals surface area contributed by atoms with Crippen LogP contribution in [0.1, 0.15) is 27.6 Å². The van der Waals surface area contributed by atoms with Crippen molar-refractivity contribution in [1.29, 1.82) is 0 Å². The number of rotatable bonds is 3. The van der Waals surface area contributed by atoms with Crippen molar-refractivity contribution >= 4 is 11.3 Å². The standard InChI is InChI=1S/C17H22N2S/c1-13-5-3-4-6-15(13)16(17-14(2)7-12-20-17)19-10-8-18-9-11-19/h3-7,12,16,18H,8-11H2,1-2H3. The predicted molar refractivity (Wildman–Crippen MR) is 86.5 cm³/mol. The molecule has 1 saturated heterocycles. The highest BCUT2D eigenvalue weighted by atomic mass is 32.1. The molecule has 0 bridgehead atoms. The van der Waals surface area contributed by atoms with Crippen LogP contribution in [-0.4, -0.2) is 31.1 Å². The Balaban J connectivity index is 2.03. The molecule has 3 rings (SSSR count). The molecule has 1 atom stereocenters. The van der Waals surface area contributed by atoms with Crippen LogP contribution in [0.15, 0.2) is 35.7 Å². The van der Waals surface area contributed by atoms with Crippen molar-refractivity contribution in [2.45, 2.75) is 19.9 Å². The molecule has 0 spiro atoms. The van der Waals surface area contributed by atoms with Gasteiger partial charge in [-0.25, -0.2) is 0 Å². The Morgan fingerprint density at radius 1 is 1.05 bits per heavy atom. The molecule has 20 heavy (non-hydrogen) atoms. The third-order valence-corrected chi connectivity index (χ3v) is 5.22. The molecule has 0 aliphatic carbocycles. The van der Waals surface area contributed by atoms with E-state index in [1.54, 1.807) is 0 Å². The van der Waals surface area contributed by atoms with Gasteiger partial charge < -0.3 is 5.32 Å². The van der Waals surface area contributed by atoms with Crippen LogP contribution in [-0.2, 0) is 0 Å². The first kappa shape index (κ1) is 13.8. The first-order valence-corrected chi connectivity index (χ1v) is 8.19. The van der Waals surface area contributed by atoms with Gasteiger partial charge in [0, 0.05) is 31.1 Å². The predicted octanol–water partition coefficient (Wildman–Crippen LogP) is 3.36. The summed E-state index contributed by atoms with van der Waals surface area (Å²) in [6.07, 6.45) is 0. The lowest BCUT2D eigenvalue weighted by Crippen LogP contribution is -2.45. The minimum absolute atomic E-state index is 0.415. The van der Waals surface area contributed by atoms with Crippen molar-refractivity contribution < 1.29 is 0 Å². The maximum Gasteiger partial charge on any atom is 0.0702 e. The van der Waals surface area contributed by atoms with E-state index in [1.165, 1.54) is 21.6 Å². The number of aryl methyl sites for hydroxylation is 2. The summed E-state index contributed by atoms with van der Waals surface area (Å²) in [5.74, 6) is 0. The lowest BCUT2D eigenvalue weighted by molar-refractivity contribution is 0.200. The minimum Gasteiger partial charge on any atom is -0.314 e. The van der Waals surface area contributed by atoms with Gasteiger partial charge in [0.2, 0.25) is 0 Å². The van der Waals surface area contributed by atoms with E-state index in [9.17, 15) is 0 Å². The summed E-state index contributed by atoms with van der Waals surface area (Å²) in [5, 5.41) is 5.68. The number of nitrogens with zero attached hydrogens (tertiary/aromatic N) is 1. The van der Waals surface area contributed by atoms with Crippen LogP contribution in [0.5, 0.6) is 0 Å². The molecule has 1 unspecified atom stereocenters. The van der Waals surface area contributed by atoms with Gasteiger partial charge >= 0.3 is 0 Å². The molecule has 0 radical (unpaired) electrons. The van der Waals surface area contributed by atoms with E-state index in [-0.39, 0.29) is 0 Å². The Kier molecular flexibility index (Phi) is 4.20. The van der Waals surface area contributed by atoms with E-state index in [0.717, 1.165) is 26.2 Å². The summed E-state index contributed by atoms with van der Waals surface area (Å²) in [5.41, 5.74) is 4.27. The van der Waals surface area contributed by atoms with Crippen LogP contribution in [0.2, 0.25) is 0 Å². The van der Waals surface area contributed by atoms with Crippen molar-refractivity contribution in [1.82, 2.24) is 10.2 Å². The summed E-state index contributed by atoms with van der Waals surface area (Å²) in [7, 11) is 0. The van der Waals surface area contributed by atoms with Gasteiger partial charge in [-0.1, -0.05) is 24.3 Å². The van der Waals surface area contributed by atoms with Gasteiger partial charge in [-0.3, -0.25) is 4.90 Å². The van der Waals surface area contributed by atoms with Crippen molar-refractivity contribution in [3.8, 4) is 0 Å². The topological polar surface area (TPSA) is 15.3 Å². The lowest BCUT2D eigenvalue weighted by atomic mass is 9.96. The van der Waals surface area contributed by atoms with Crippen LogP contribution < -0.4 is 5.32 Å².